The van der Waals surface area contributed by atoms with E-state index in [9.17, 15) is 0 Å². The van der Waals surface area contributed by atoms with Crippen molar-refractivity contribution in [3.8, 4) is 5.95 Å². The van der Waals surface area contributed by atoms with Crippen molar-refractivity contribution in [1.82, 2.24) is 34.0 Å². The highest BCUT2D eigenvalue weighted by atomic mass is 16.5. The SMILES string of the molecule is CCC1CCN(Cc2nc3c(N4CCOCC4)nc(-n4c(C)nc5ccccc54)nc3n2C)CC1. The third-order valence-electron chi connectivity index (χ3n) is 7.67. The van der Waals surface area contributed by atoms with Crippen molar-refractivity contribution in [2.75, 3.05) is 44.3 Å². The predicted molar refractivity (Wildman–Crippen MR) is 137 cm³/mol. The van der Waals surface area contributed by atoms with Crippen molar-refractivity contribution in [2.45, 2.75) is 39.7 Å². The Morgan fingerprint density at radius 2 is 1.74 bits per heavy atom. The molecule has 9 nitrogen and oxygen atoms in total. The van der Waals surface area contributed by atoms with Crippen molar-refractivity contribution >= 4 is 28.0 Å². The second-order valence-corrected chi connectivity index (χ2v) is 9.82. The number of benzene rings is 1. The number of hydrogen-bond acceptors (Lipinski definition) is 7. The Bertz CT molecular complexity index is 1340. The van der Waals surface area contributed by atoms with Crippen LogP contribution in [0.2, 0.25) is 0 Å². The minimum atomic E-state index is 0.642. The summed E-state index contributed by atoms with van der Waals surface area (Å²) in [5, 5.41) is 0. The van der Waals surface area contributed by atoms with Crippen LogP contribution in [0.5, 0.6) is 0 Å². The van der Waals surface area contributed by atoms with Crippen molar-refractivity contribution in [3.05, 3.63) is 35.9 Å². The van der Waals surface area contributed by atoms with Gasteiger partial charge in [-0.15, -0.1) is 0 Å². The Kier molecular flexibility index (Phi) is 5.89. The van der Waals surface area contributed by atoms with E-state index < -0.39 is 0 Å². The van der Waals surface area contributed by atoms with Crippen molar-refractivity contribution in [1.29, 1.82) is 0 Å². The molecular formula is C26H34N8O. The second-order valence-electron chi connectivity index (χ2n) is 9.82. The summed E-state index contributed by atoms with van der Waals surface area (Å²) in [6.45, 7) is 10.4. The first kappa shape index (κ1) is 22.4. The van der Waals surface area contributed by atoms with Crippen LogP contribution < -0.4 is 4.90 Å². The Balaban J connectivity index is 1.45. The molecule has 0 saturated carbocycles. The van der Waals surface area contributed by atoms with Gasteiger partial charge in [0.2, 0.25) is 5.95 Å². The number of aryl methyl sites for hydroxylation is 2. The van der Waals surface area contributed by atoms with Gasteiger partial charge in [-0.05, 0) is 50.9 Å². The third-order valence-corrected chi connectivity index (χ3v) is 7.67. The van der Waals surface area contributed by atoms with Crippen LogP contribution in [0.1, 0.15) is 37.8 Å². The van der Waals surface area contributed by atoms with E-state index in [2.05, 4.69) is 39.0 Å². The molecule has 1 aromatic carbocycles. The smallest absolute Gasteiger partial charge is 0.239 e. The van der Waals surface area contributed by atoms with Gasteiger partial charge in [-0.1, -0.05) is 25.5 Å². The van der Waals surface area contributed by atoms with Crippen LogP contribution >= 0.6 is 0 Å². The number of hydrogen-bond donors (Lipinski definition) is 0. The lowest BCUT2D eigenvalue weighted by molar-refractivity contribution is 0.122. The van der Waals surface area contributed by atoms with E-state index in [4.69, 9.17) is 24.7 Å². The standard InChI is InChI=1S/C26H34N8O/c1-4-19-9-11-32(12-10-19)17-22-28-23-24(31(22)3)29-26(30-25(23)33-13-15-35-16-14-33)34-18(2)27-20-7-5-6-8-21(20)34/h5-8,19H,4,9-17H2,1-3H3. The van der Waals surface area contributed by atoms with Gasteiger partial charge in [0.25, 0.3) is 0 Å². The first-order valence-corrected chi connectivity index (χ1v) is 12.8. The largest absolute Gasteiger partial charge is 0.378 e. The van der Waals surface area contributed by atoms with Crippen LogP contribution in [0.4, 0.5) is 5.82 Å². The van der Waals surface area contributed by atoms with E-state index in [1.807, 2.05) is 25.1 Å². The molecule has 0 spiro atoms. The highest BCUT2D eigenvalue weighted by molar-refractivity contribution is 5.86. The summed E-state index contributed by atoms with van der Waals surface area (Å²) < 4.78 is 9.84. The molecule has 2 fully saturated rings. The van der Waals surface area contributed by atoms with Gasteiger partial charge in [-0.2, -0.15) is 9.97 Å². The molecular weight excluding hydrogens is 440 g/mol. The number of rotatable bonds is 5. The minimum absolute atomic E-state index is 0.642. The number of nitrogens with zero attached hydrogens (tertiary/aromatic N) is 8. The van der Waals surface area contributed by atoms with Gasteiger partial charge in [0, 0.05) is 20.1 Å². The molecule has 4 aromatic rings. The third kappa shape index (κ3) is 4.06. The number of anilines is 1. The van der Waals surface area contributed by atoms with Gasteiger partial charge in [0.05, 0.1) is 30.8 Å². The van der Waals surface area contributed by atoms with Crippen molar-refractivity contribution < 1.29 is 4.74 Å². The van der Waals surface area contributed by atoms with E-state index in [1.165, 1.54) is 19.3 Å². The summed E-state index contributed by atoms with van der Waals surface area (Å²) in [6.07, 6.45) is 3.83. The predicted octanol–water partition coefficient (Wildman–Crippen LogP) is 3.47. The number of imidazole rings is 2. The maximum absolute atomic E-state index is 5.63. The van der Waals surface area contributed by atoms with Gasteiger partial charge < -0.3 is 14.2 Å². The molecule has 2 saturated heterocycles. The molecule has 0 N–H and O–H groups in total. The van der Waals surface area contributed by atoms with E-state index in [-0.39, 0.29) is 0 Å². The van der Waals surface area contributed by atoms with Crippen LogP contribution in [-0.2, 0) is 18.3 Å². The lowest BCUT2D eigenvalue weighted by Gasteiger charge is -2.31. The van der Waals surface area contributed by atoms with E-state index in [0.717, 1.165) is 78.3 Å². The fraction of sp³-hybridized carbons (Fsp3) is 0.538. The van der Waals surface area contributed by atoms with Crippen LogP contribution in [-0.4, -0.2) is 73.4 Å². The molecule has 2 aliphatic heterocycles. The van der Waals surface area contributed by atoms with Gasteiger partial charge in [0.1, 0.15) is 11.6 Å². The quantitative estimate of drug-likeness (QED) is 0.438. The summed E-state index contributed by atoms with van der Waals surface area (Å²) >= 11 is 0. The average molecular weight is 475 g/mol. The number of para-hydroxylation sites is 2. The Hall–Kier alpha value is -3.04. The lowest BCUT2D eigenvalue weighted by Crippen LogP contribution is -2.37. The van der Waals surface area contributed by atoms with Crippen LogP contribution in [0.15, 0.2) is 24.3 Å². The molecule has 0 amide bonds. The number of morpholine rings is 1. The normalized spacial score (nSPS) is 18.2. The zero-order valence-corrected chi connectivity index (χ0v) is 20.9. The minimum Gasteiger partial charge on any atom is -0.378 e. The number of piperidine rings is 1. The van der Waals surface area contributed by atoms with Crippen molar-refractivity contribution in [2.24, 2.45) is 13.0 Å². The van der Waals surface area contributed by atoms with Gasteiger partial charge >= 0.3 is 0 Å². The van der Waals surface area contributed by atoms with E-state index >= 15 is 0 Å². The van der Waals surface area contributed by atoms with Crippen LogP contribution in [0.25, 0.3) is 28.1 Å². The first-order chi connectivity index (χ1) is 17.1. The summed E-state index contributed by atoms with van der Waals surface area (Å²) in [5.41, 5.74) is 3.70. The molecule has 2 aliphatic rings. The molecule has 0 radical (unpaired) electrons. The molecule has 35 heavy (non-hydrogen) atoms. The topological polar surface area (TPSA) is 77.1 Å². The summed E-state index contributed by atoms with van der Waals surface area (Å²) in [5.74, 6) is 4.31. The van der Waals surface area contributed by atoms with Gasteiger partial charge in [-0.3, -0.25) is 9.47 Å². The highest BCUT2D eigenvalue weighted by Gasteiger charge is 2.25. The van der Waals surface area contributed by atoms with Crippen LogP contribution in [0.3, 0.4) is 0 Å². The zero-order valence-electron chi connectivity index (χ0n) is 20.9. The molecule has 184 valence electrons. The fourth-order valence-corrected chi connectivity index (χ4v) is 5.47. The number of fused-ring (bicyclic) bond motifs is 2. The number of aromatic nitrogens is 6. The van der Waals surface area contributed by atoms with Gasteiger partial charge in [0.15, 0.2) is 17.0 Å². The molecule has 3 aromatic heterocycles. The molecule has 0 unspecified atom stereocenters. The average Bonchev–Trinajstić information content (AvgIpc) is 3.40. The lowest BCUT2D eigenvalue weighted by atomic mass is 9.94. The van der Waals surface area contributed by atoms with Crippen molar-refractivity contribution in [3.63, 3.8) is 0 Å². The molecule has 0 atom stereocenters. The molecule has 5 heterocycles. The molecule has 0 bridgehead atoms. The highest BCUT2D eigenvalue weighted by Crippen LogP contribution is 2.29. The number of likely N-dealkylation sites (tertiary alicyclic amines) is 1. The summed E-state index contributed by atoms with van der Waals surface area (Å²) in [7, 11) is 2.09. The Morgan fingerprint density at radius 3 is 2.51 bits per heavy atom. The Morgan fingerprint density at radius 1 is 0.971 bits per heavy atom. The van der Waals surface area contributed by atoms with Gasteiger partial charge in [-0.25, -0.2) is 9.97 Å². The Labute approximate surface area is 205 Å². The van der Waals surface area contributed by atoms with E-state index in [0.29, 0.717) is 19.2 Å². The second kappa shape index (κ2) is 9.20. The van der Waals surface area contributed by atoms with E-state index in [1.54, 1.807) is 0 Å². The summed E-state index contributed by atoms with van der Waals surface area (Å²) in [4.78, 5) is 24.8. The maximum Gasteiger partial charge on any atom is 0.239 e. The molecule has 0 aliphatic carbocycles. The molecule has 6 rings (SSSR count). The zero-order chi connectivity index (χ0) is 23.9. The van der Waals surface area contributed by atoms with Crippen LogP contribution in [0, 0.1) is 12.8 Å². The summed E-state index contributed by atoms with van der Waals surface area (Å²) in [6, 6.07) is 8.15. The first-order valence-electron chi connectivity index (χ1n) is 12.8. The maximum atomic E-state index is 5.63. The monoisotopic (exact) mass is 474 g/mol. The molecule has 9 heteroatoms. The number of ether oxygens (including phenoxy) is 1. The fourth-order valence-electron chi connectivity index (χ4n) is 5.47.